The third kappa shape index (κ3) is 4.84. The van der Waals surface area contributed by atoms with Gasteiger partial charge in [0.15, 0.2) is 0 Å². The van der Waals surface area contributed by atoms with Gasteiger partial charge in [0.25, 0.3) is 0 Å². The maximum absolute atomic E-state index is 10.8. The van der Waals surface area contributed by atoms with Crippen molar-refractivity contribution in [2.45, 2.75) is 12.5 Å². The van der Waals surface area contributed by atoms with Crippen molar-refractivity contribution in [2.24, 2.45) is 0 Å². The molecule has 1 amide bonds. The molecule has 0 aliphatic heterocycles. The second-order valence-electron chi connectivity index (χ2n) is 3.80. The predicted molar refractivity (Wildman–Crippen MR) is 62.8 cm³/mol. The third-order valence-electron chi connectivity index (χ3n) is 2.39. The van der Waals surface area contributed by atoms with Gasteiger partial charge < -0.3 is 20.2 Å². The molecule has 0 aliphatic carbocycles. The van der Waals surface area contributed by atoms with E-state index in [4.69, 9.17) is 10.2 Å². The number of amides is 1. The molecule has 0 aliphatic rings. The van der Waals surface area contributed by atoms with Gasteiger partial charge in [0, 0.05) is 13.0 Å². The van der Waals surface area contributed by atoms with Crippen LogP contribution in [0.1, 0.15) is 5.56 Å². The summed E-state index contributed by atoms with van der Waals surface area (Å²) in [6.45, 7) is -0.226. The molecule has 1 atom stereocenters. The standard InChI is InChI=1S/C12H17NO4/c14-7-6-13(12(16)17)9-11(15)8-10-4-2-1-3-5-10/h1-5,11,14-15H,6-9H2,(H,16,17). The number of hydrogen-bond donors (Lipinski definition) is 3. The maximum atomic E-state index is 10.8. The van der Waals surface area contributed by atoms with Crippen molar-refractivity contribution in [1.29, 1.82) is 0 Å². The lowest BCUT2D eigenvalue weighted by Crippen LogP contribution is -2.39. The van der Waals surface area contributed by atoms with Gasteiger partial charge in [-0.15, -0.1) is 0 Å². The lowest BCUT2D eigenvalue weighted by atomic mass is 10.1. The van der Waals surface area contributed by atoms with Gasteiger partial charge in [0.1, 0.15) is 0 Å². The van der Waals surface area contributed by atoms with E-state index >= 15 is 0 Å². The van der Waals surface area contributed by atoms with Gasteiger partial charge in [-0.1, -0.05) is 30.3 Å². The summed E-state index contributed by atoms with van der Waals surface area (Å²) in [5.74, 6) is 0. The molecule has 5 heteroatoms. The summed E-state index contributed by atoms with van der Waals surface area (Å²) in [7, 11) is 0. The molecular weight excluding hydrogens is 222 g/mol. The van der Waals surface area contributed by atoms with E-state index in [0.29, 0.717) is 6.42 Å². The molecule has 0 spiro atoms. The Morgan fingerprint density at radius 1 is 1.29 bits per heavy atom. The number of aliphatic hydroxyl groups is 2. The van der Waals surface area contributed by atoms with Gasteiger partial charge >= 0.3 is 6.09 Å². The van der Waals surface area contributed by atoms with Crippen molar-refractivity contribution < 1.29 is 20.1 Å². The van der Waals surface area contributed by atoms with Gasteiger partial charge in [-0.2, -0.15) is 0 Å². The lowest BCUT2D eigenvalue weighted by Gasteiger charge is -2.21. The summed E-state index contributed by atoms with van der Waals surface area (Å²) < 4.78 is 0. The largest absolute Gasteiger partial charge is 0.465 e. The van der Waals surface area contributed by atoms with E-state index < -0.39 is 12.2 Å². The van der Waals surface area contributed by atoms with E-state index in [9.17, 15) is 9.90 Å². The number of carboxylic acid groups (broad SMARTS) is 1. The number of carbonyl (C=O) groups is 1. The van der Waals surface area contributed by atoms with Gasteiger partial charge in [0.2, 0.25) is 0 Å². The SMILES string of the molecule is O=C(O)N(CCO)CC(O)Cc1ccccc1. The number of hydrogen-bond acceptors (Lipinski definition) is 3. The monoisotopic (exact) mass is 239 g/mol. The maximum Gasteiger partial charge on any atom is 0.407 e. The molecule has 0 fully saturated rings. The molecule has 5 nitrogen and oxygen atoms in total. The molecule has 1 aromatic rings. The molecule has 0 saturated heterocycles. The molecule has 0 radical (unpaired) electrons. The molecule has 0 bridgehead atoms. The van der Waals surface area contributed by atoms with Crippen LogP contribution in [0.5, 0.6) is 0 Å². The highest BCUT2D eigenvalue weighted by atomic mass is 16.4. The molecule has 0 saturated carbocycles. The lowest BCUT2D eigenvalue weighted by molar-refractivity contribution is 0.0872. The van der Waals surface area contributed by atoms with Crippen LogP contribution in [-0.4, -0.2) is 52.1 Å². The van der Waals surface area contributed by atoms with E-state index in [2.05, 4.69) is 0 Å². The number of aliphatic hydroxyl groups excluding tert-OH is 2. The molecule has 1 rings (SSSR count). The van der Waals surface area contributed by atoms with Crippen LogP contribution >= 0.6 is 0 Å². The van der Waals surface area contributed by atoms with Crippen molar-refractivity contribution in [1.82, 2.24) is 4.90 Å². The average molecular weight is 239 g/mol. The minimum absolute atomic E-state index is 0.00475. The van der Waals surface area contributed by atoms with Crippen LogP contribution in [0.25, 0.3) is 0 Å². The van der Waals surface area contributed by atoms with Gasteiger partial charge in [0.05, 0.1) is 19.3 Å². The second kappa shape index (κ2) is 6.88. The first-order valence-electron chi connectivity index (χ1n) is 5.44. The van der Waals surface area contributed by atoms with Crippen LogP contribution in [-0.2, 0) is 6.42 Å². The number of benzene rings is 1. The molecular formula is C12H17NO4. The van der Waals surface area contributed by atoms with Crippen molar-refractivity contribution in [3.63, 3.8) is 0 Å². The van der Waals surface area contributed by atoms with Gasteiger partial charge in [-0.05, 0) is 5.56 Å². The Labute approximate surface area is 99.9 Å². The van der Waals surface area contributed by atoms with E-state index in [1.165, 1.54) is 0 Å². The van der Waals surface area contributed by atoms with Crippen LogP contribution in [0.15, 0.2) is 30.3 Å². The molecule has 94 valence electrons. The van der Waals surface area contributed by atoms with E-state index in [-0.39, 0.29) is 19.7 Å². The summed E-state index contributed by atoms with van der Waals surface area (Å²) in [5, 5.41) is 27.3. The highest BCUT2D eigenvalue weighted by Gasteiger charge is 2.16. The quantitative estimate of drug-likeness (QED) is 0.677. The Morgan fingerprint density at radius 3 is 2.47 bits per heavy atom. The molecule has 17 heavy (non-hydrogen) atoms. The smallest absolute Gasteiger partial charge is 0.407 e. The van der Waals surface area contributed by atoms with Gasteiger partial charge in [-0.3, -0.25) is 0 Å². The van der Waals surface area contributed by atoms with Crippen LogP contribution in [0.3, 0.4) is 0 Å². The number of nitrogens with zero attached hydrogens (tertiary/aromatic N) is 1. The predicted octanol–water partition coefficient (Wildman–Crippen LogP) is 0.562. The average Bonchev–Trinajstić information content (AvgIpc) is 2.29. The number of rotatable bonds is 6. The van der Waals surface area contributed by atoms with E-state index in [0.717, 1.165) is 10.5 Å². The van der Waals surface area contributed by atoms with E-state index in [1.807, 2.05) is 30.3 Å². The Balaban J connectivity index is 2.47. The van der Waals surface area contributed by atoms with Gasteiger partial charge in [-0.25, -0.2) is 4.79 Å². The molecule has 3 N–H and O–H groups in total. The van der Waals surface area contributed by atoms with Crippen LogP contribution in [0.2, 0.25) is 0 Å². The highest BCUT2D eigenvalue weighted by molar-refractivity contribution is 5.64. The fraction of sp³-hybridized carbons (Fsp3) is 0.417. The summed E-state index contributed by atoms with van der Waals surface area (Å²) in [6.07, 6.45) is -1.50. The summed E-state index contributed by atoms with van der Waals surface area (Å²) >= 11 is 0. The van der Waals surface area contributed by atoms with Crippen molar-refractivity contribution in [3.8, 4) is 0 Å². The fourth-order valence-electron chi connectivity index (χ4n) is 1.59. The Hall–Kier alpha value is -1.59. The molecule has 0 aromatic heterocycles. The normalized spacial score (nSPS) is 12.1. The Morgan fingerprint density at radius 2 is 1.94 bits per heavy atom. The fourth-order valence-corrected chi connectivity index (χ4v) is 1.59. The minimum atomic E-state index is -1.13. The van der Waals surface area contributed by atoms with Crippen molar-refractivity contribution >= 4 is 6.09 Å². The summed E-state index contributed by atoms with van der Waals surface area (Å²) in [6, 6.07) is 9.36. The second-order valence-corrected chi connectivity index (χ2v) is 3.80. The van der Waals surface area contributed by atoms with Crippen molar-refractivity contribution in [2.75, 3.05) is 19.7 Å². The first kappa shape index (κ1) is 13.5. The highest BCUT2D eigenvalue weighted by Crippen LogP contribution is 2.04. The first-order chi connectivity index (χ1) is 8.13. The van der Waals surface area contributed by atoms with Crippen molar-refractivity contribution in [3.05, 3.63) is 35.9 Å². The molecule has 0 heterocycles. The minimum Gasteiger partial charge on any atom is -0.465 e. The Kier molecular flexibility index (Phi) is 5.45. The topological polar surface area (TPSA) is 81.0 Å². The van der Waals surface area contributed by atoms with Crippen LogP contribution in [0.4, 0.5) is 4.79 Å². The zero-order chi connectivity index (χ0) is 12.7. The Bertz CT molecular complexity index is 342. The van der Waals surface area contributed by atoms with E-state index in [1.54, 1.807) is 0 Å². The zero-order valence-electron chi connectivity index (χ0n) is 9.49. The molecule has 1 unspecified atom stereocenters. The molecule has 1 aromatic carbocycles. The summed E-state index contributed by atoms with van der Waals surface area (Å²) in [5.41, 5.74) is 0.953. The zero-order valence-corrected chi connectivity index (χ0v) is 9.49. The van der Waals surface area contributed by atoms with Crippen LogP contribution < -0.4 is 0 Å². The third-order valence-corrected chi connectivity index (χ3v) is 2.39. The summed E-state index contributed by atoms with van der Waals surface area (Å²) in [4.78, 5) is 11.8. The van der Waals surface area contributed by atoms with Crippen LogP contribution in [0, 0.1) is 0 Å². The first-order valence-corrected chi connectivity index (χ1v) is 5.44.